The third kappa shape index (κ3) is 16.1. The van der Waals surface area contributed by atoms with Gasteiger partial charge in [0.25, 0.3) is 0 Å². The summed E-state index contributed by atoms with van der Waals surface area (Å²) >= 11 is 0. The van der Waals surface area contributed by atoms with E-state index in [0.717, 1.165) is 25.7 Å². The van der Waals surface area contributed by atoms with Crippen molar-refractivity contribution in [3.8, 4) is 0 Å². The van der Waals surface area contributed by atoms with Crippen LogP contribution in [0.15, 0.2) is 0 Å². The fraction of sp³-hybridized carbons (Fsp3) is 1.00. The number of aliphatic hydroxyl groups is 3. The van der Waals surface area contributed by atoms with Crippen LogP contribution >= 0.6 is 0 Å². The molecule has 0 aliphatic carbocycles. The molecule has 35 heavy (non-hydrogen) atoms. The largest absolute Gasteiger partial charge is 0.394 e. The van der Waals surface area contributed by atoms with Crippen molar-refractivity contribution in [1.29, 1.82) is 0 Å². The molecule has 0 amide bonds. The lowest BCUT2D eigenvalue weighted by Gasteiger charge is -2.40. The Bertz CT molecular complexity index is 395. The Morgan fingerprint density at radius 1 is 0.429 bits per heavy atom. The molecular formula is C25H52O10. The SMILES string of the molecule is CCCOCC(OCCO)C(OCCC)C(OCCO)C(OCCO)C(COCCC)OCCC. The van der Waals surface area contributed by atoms with Gasteiger partial charge in [0, 0.05) is 26.4 Å². The third-order valence-corrected chi connectivity index (χ3v) is 4.92. The summed E-state index contributed by atoms with van der Waals surface area (Å²) in [4.78, 5) is 0. The molecule has 5 unspecified atom stereocenters. The van der Waals surface area contributed by atoms with Gasteiger partial charge in [0.15, 0.2) is 0 Å². The average Bonchev–Trinajstić information content (AvgIpc) is 2.87. The number of rotatable bonds is 27. The van der Waals surface area contributed by atoms with Crippen molar-refractivity contribution in [1.82, 2.24) is 0 Å². The summed E-state index contributed by atoms with van der Waals surface area (Å²) in [7, 11) is 0. The van der Waals surface area contributed by atoms with E-state index in [2.05, 4.69) is 0 Å². The first-order valence-corrected chi connectivity index (χ1v) is 13.2. The van der Waals surface area contributed by atoms with E-state index in [1.165, 1.54) is 0 Å². The monoisotopic (exact) mass is 512 g/mol. The van der Waals surface area contributed by atoms with Crippen LogP contribution in [-0.4, -0.2) is 125 Å². The molecule has 0 aromatic heterocycles. The van der Waals surface area contributed by atoms with Gasteiger partial charge in [-0.3, -0.25) is 0 Å². The van der Waals surface area contributed by atoms with Crippen LogP contribution < -0.4 is 0 Å². The van der Waals surface area contributed by atoms with Gasteiger partial charge in [-0.25, -0.2) is 0 Å². The molecule has 0 radical (unpaired) electrons. The van der Waals surface area contributed by atoms with Gasteiger partial charge in [-0.15, -0.1) is 0 Å². The second kappa shape index (κ2) is 25.3. The first kappa shape index (κ1) is 34.6. The van der Waals surface area contributed by atoms with Crippen LogP contribution in [0.3, 0.4) is 0 Å². The molecule has 0 bridgehead atoms. The van der Waals surface area contributed by atoms with Crippen LogP contribution in [0.2, 0.25) is 0 Å². The van der Waals surface area contributed by atoms with Crippen molar-refractivity contribution in [3.05, 3.63) is 0 Å². The Hall–Kier alpha value is -0.400. The fourth-order valence-corrected chi connectivity index (χ4v) is 3.47. The minimum atomic E-state index is -0.721. The number of hydrogen-bond donors (Lipinski definition) is 3. The predicted molar refractivity (Wildman–Crippen MR) is 133 cm³/mol. The molecule has 0 aromatic rings. The molecular weight excluding hydrogens is 460 g/mol. The van der Waals surface area contributed by atoms with Gasteiger partial charge in [-0.2, -0.15) is 0 Å². The Balaban J connectivity index is 6.17. The maximum Gasteiger partial charge on any atom is 0.115 e. The molecule has 3 N–H and O–H groups in total. The Kier molecular flexibility index (Phi) is 25.0. The Morgan fingerprint density at radius 2 is 0.771 bits per heavy atom. The smallest absolute Gasteiger partial charge is 0.115 e. The van der Waals surface area contributed by atoms with Crippen molar-refractivity contribution in [2.75, 3.05) is 79.3 Å². The zero-order valence-corrected chi connectivity index (χ0v) is 22.4. The molecule has 0 rings (SSSR count). The van der Waals surface area contributed by atoms with E-state index in [9.17, 15) is 15.3 Å². The van der Waals surface area contributed by atoms with Crippen molar-refractivity contribution in [3.63, 3.8) is 0 Å². The molecule has 0 spiro atoms. The second-order valence-electron chi connectivity index (χ2n) is 8.15. The summed E-state index contributed by atoms with van der Waals surface area (Å²) in [5.41, 5.74) is 0. The molecule has 10 nitrogen and oxygen atoms in total. The summed E-state index contributed by atoms with van der Waals surface area (Å²) in [6, 6.07) is 0. The molecule has 0 saturated heterocycles. The van der Waals surface area contributed by atoms with Gasteiger partial charge in [0.2, 0.25) is 0 Å². The lowest BCUT2D eigenvalue weighted by atomic mass is 9.98. The van der Waals surface area contributed by atoms with Gasteiger partial charge >= 0.3 is 0 Å². The summed E-state index contributed by atoms with van der Waals surface area (Å²) in [5.74, 6) is 0. The standard InChI is InChI=1S/C25H52O10/c1-5-12-29-19-21(31-14-7-3)24(34-17-10-27)25(35-18-11-28)23(33-15-8-4)22(32-16-9-26)20-30-13-6-2/h21-28H,5-20H2,1-4H3. The van der Waals surface area contributed by atoms with E-state index in [0.29, 0.717) is 26.4 Å². The van der Waals surface area contributed by atoms with Gasteiger partial charge in [0.05, 0.1) is 52.9 Å². The minimum absolute atomic E-state index is 0.0501. The highest BCUT2D eigenvalue weighted by atomic mass is 16.6. The molecule has 5 atom stereocenters. The summed E-state index contributed by atoms with van der Waals surface area (Å²) in [5, 5.41) is 28.5. The molecule has 10 heteroatoms. The van der Waals surface area contributed by atoms with Crippen LogP contribution in [0.1, 0.15) is 53.4 Å². The van der Waals surface area contributed by atoms with Gasteiger partial charge in [-0.1, -0.05) is 27.7 Å². The quantitative estimate of drug-likeness (QED) is 0.140. The molecule has 0 fully saturated rings. The Labute approximate surface area is 212 Å². The molecule has 0 aliphatic heterocycles. The van der Waals surface area contributed by atoms with E-state index in [1.54, 1.807) is 0 Å². The average molecular weight is 513 g/mol. The number of ether oxygens (including phenoxy) is 7. The molecule has 0 aliphatic rings. The highest BCUT2D eigenvalue weighted by Gasteiger charge is 2.42. The second-order valence-corrected chi connectivity index (χ2v) is 8.15. The maximum atomic E-state index is 9.55. The topological polar surface area (TPSA) is 125 Å². The van der Waals surface area contributed by atoms with Gasteiger partial charge < -0.3 is 48.5 Å². The van der Waals surface area contributed by atoms with Crippen LogP contribution in [0.25, 0.3) is 0 Å². The van der Waals surface area contributed by atoms with E-state index < -0.39 is 30.5 Å². The van der Waals surface area contributed by atoms with Crippen LogP contribution in [-0.2, 0) is 33.2 Å². The van der Waals surface area contributed by atoms with Crippen molar-refractivity contribution in [2.24, 2.45) is 0 Å². The van der Waals surface area contributed by atoms with Crippen LogP contribution in [0.4, 0.5) is 0 Å². The zero-order valence-electron chi connectivity index (χ0n) is 22.4. The number of aliphatic hydroxyl groups excluding tert-OH is 3. The first-order chi connectivity index (χ1) is 17.1. The van der Waals surface area contributed by atoms with E-state index in [1.807, 2.05) is 27.7 Å². The van der Waals surface area contributed by atoms with Crippen molar-refractivity contribution < 1.29 is 48.5 Å². The molecule has 0 aromatic carbocycles. The normalized spacial score (nSPS) is 16.2. The highest BCUT2D eigenvalue weighted by molar-refractivity contribution is 4.91. The van der Waals surface area contributed by atoms with Gasteiger partial charge in [0.1, 0.15) is 30.5 Å². The number of hydrogen-bond acceptors (Lipinski definition) is 10. The van der Waals surface area contributed by atoms with E-state index >= 15 is 0 Å². The van der Waals surface area contributed by atoms with Crippen molar-refractivity contribution in [2.45, 2.75) is 83.9 Å². The Morgan fingerprint density at radius 3 is 1.20 bits per heavy atom. The first-order valence-electron chi connectivity index (χ1n) is 13.2. The fourth-order valence-electron chi connectivity index (χ4n) is 3.47. The van der Waals surface area contributed by atoms with Crippen molar-refractivity contribution >= 4 is 0 Å². The van der Waals surface area contributed by atoms with Gasteiger partial charge in [-0.05, 0) is 25.7 Å². The predicted octanol–water partition coefficient (Wildman–Crippen LogP) is 1.56. The summed E-state index contributed by atoms with van der Waals surface area (Å²) in [6.07, 6.45) is 0.180. The maximum absolute atomic E-state index is 9.55. The minimum Gasteiger partial charge on any atom is -0.394 e. The third-order valence-electron chi connectivity index (χ3n) is 4.92. The molecule has 212 valence electrons. The van der Waals surface area contributed by atoms with Crippen LogP contribution in [0, 0.1) is 0 Å². The lowest BCUT2D eigenvalue weighted by molar-refractivity contribution is -0.219. The summed E-state index contributed by atoms with van der Waals surface area (Å²) < 4.78 is 42.2. The van der Waals surface area contributed by atoms with Crippen LogP contribution in [0.5, 0.6) is 0 Å². The molecule has 0 saturated carbocycles. The summed E-state index contributed by atoms with van der Waals surface area (Å²) in [6.45, 7) is 10.4. The highest BCUT2D eigenvalue weighted by Crippen LogP contribution is 2.23. The lowest BCUT2D eigenvalue weighted by Crippen LogP contribution is -2.56. The molecule has 0 heterocycles. The van der Waals surface area contributed by atoms with E-state index in [-0.39, 0.29) is 52.9 Å². The van der Waals surface area contributed by atoms with E-state index in [4.69, 9.17) is 33.2 Å². The zero-order chi connectivity index (χ0) is 26.2.